The lowest BCUT2D eigenvalue weighted by Crippen LogP contribution is -2.01. The minimum absolute atomic E-state index is 0.577. The predicted molar refractivity (Wildman–Crippen MR) is 224 cm³/mol. The highest BCUT2D eigenvalue weighted by Crippen LogP contribution is 2.42. The van der Waals surface area contributed by atoms with Gasteiger partial charge in [0.25, 0.3) is 0 Å². The topological polar surface area (TPSA) is 62.4 Å². The first-order chi connectivity index (χ1) is 27.2. The maximum Gasteiger partial charge on any atom is 0.0998 e. The van der Waals surface area contributed by atoms with E-state index in [1.807, 2.05) is 42.5 Å². The Labute approximate surface area is 316 Å². The van der Waals surface area contributed by atoms with Gasteiger partial charge in [-0.1, -0.05) is 103 Å². The molecule has 0 aliphatic rings. The van der Waals surface area contributed by atoms with Crippen LogP contribution in [0.1, 0.15) is 11.1 Å². The highest BCUT2D eigenvalue weighted by atomic mass is 15.0. The van der Waals surface area contributed by atoms with Gasteiger partial charge < -0.3 is 13.7 Å². The predicted octanol–water partition coefficient (Wildman–Crippen LogP) is 12.4. The van der Waals surface area contributed by atoms with Crippen molar-refractivity contribution in [1.82, 2.24) is 13.7 Å². The molecule has 0 unspecified atom stereocenters. The molecule has 0 N–H and O–H groups in total. The number of hydrogen-bond donors (Lipinski definition) is 0. The number of nitrogens with zero attached hydrogens (tertiary/aromatic N) is 5. The summed E-state index contributed by atoms with van der Waals surface area (Å²) in [5, 5.41) is 27.4. The van der Waals surface area contributed by atoms with Crippen LogP contribution < -0.4 is 0 Å². The first-order valence-electron chi connectivity index (χ1n) is 18.3. The van der Waals surface area contributed by atoms with Crippen LogP contribution in [0.15, 0.2) is 176 Å². The monoisotopic (exact) mass is 699 g/mol. The number of aromatic nitrogens is 3. The Hall–Kier alpha value is -7.86. The molecule has 0 bridgehead atoms. The molecule has 0 fully saturated rings. The Bertz CT molecular complexity index is 3420. The van der Waals surface area contributed by atoms with Crippen molar-refractivity contribution < 1.29 is 0 Å². The summed E-state index contributed by atoms with van der Waals surface area (Å²) in [7, 11) is 0. The van der Waals surface area contributed by atoms with Gasteiger partial charge in [-0.05, 0) is 78.4 Å². The summed E-state index contributed by atoms with van der Waals surface area (Å²) in [4.78, 5) is 0. The molecular formula is C50H29N5. The van der Waals surface area contributed by atoms with E-state index in [4.69, 9.17) is 0 Å². The minimum Gasteiger partial charge on any atom is -0.309 e. The molecule has 0 spiro atoms. The Kier molecular flexibility index (Phi) is 6.61. The maximum atomic E-state index is 10.6. The molecule has 3 aromatic heterocycles. The summed E-state index contributed by atoms with van der Waals surface area (Å²) in [6, 6.07) is 65.9. The Morgan fingerprint density at radius 2 is 0.891 bits per heavy atom. The van der Waals surface area contributed by atoms with Crippen LogP contribution in [0.4, 0.5) is 0 Å². The highest BCUT2D eigenvalue weighted by molar-refractivity contribution is 6.16. The zero-order chi connectivity index (χ0) is 36.6. The first-order valence-corrected chi connectivity index (χ1v) is 18.3. The van der Waals surface area contributed by atoms with Crippen LogP contribution >= 0.6 is 0 Å². The smallest absolute Gasteiger partial charge is 0.0998 e. The molecule has 11 rings (SSSR count). The number of hydrogen-bond acceptors (Lipinski definition) is 2. The quantitative estimate of drug-likeness (QED) is 0.184. The molecule has 0 aliphatic carbocycles. The molecule has 8 aromatic carbocycles. The van der Waals surface area contributed by atoms with Crippen LogP contribution in [-0.2, 0) is 0 Å². The van der Waals surface area contributed by atoms with Gasteiger partial charge in [0.15, 0.2) is 0 Å². The SMILES string of the molecule is N#Cc1ccc2c3ccccc3n(-c3cccc(C#N)c3-c3cccc(-n4c5ccccc5c5c(-n6c7ccccc7c7ccccc76)cccc54)c3)c2c1. The first kappa shape index (κ1) is 30.7. The number of benzene rings is 8. The zero-order valence-electron chi connectivity index (χ0n) is 29.5. The molecule has 0 aliphatic heterocycles. The summed E-state index contributed by atoms with van der Waals surface area (Å²) in [5.41, 5.74) is 12.4. The number of fused-ring (bicyclic) bond motifs is 9. The second kappa shape index (κ2) is 11.8. The molecule has 0 amide bonds. The average molecular weight is 700 g/mol. The van der Waals surface area contributed by atoms with Crippen LogP contribution in [0.3, 0.4) is 0 Å². The summed E-state index contributed by atoms with van der Waals surface area (Å²) >= 11 is 0. The van der Waals surface area contributed by atoms with Gasteiger partial charge in [-0.15, -0.1) is 0 Å². The third kappa shape index (κ3) is 4.39. The van der Waals surface area contributed by atoms with E-state index >= 15 is 0 Å². The van der Waals surface area contributed by atoms with Gasteiger partial charge in [-0.2, -0.15) is 10.5 Å². The van der Waals surface area contributed by atoms with Crippen LogP contribution in [0, 0.1) is 22.7 Å². The molecule has 55 heavy (non-hydrogen) atoms. The molecule has 5 nitrogen and oxygen atoms in total. The number of para-hydroxylation sites is 4. The lowest BCUT2D eigenvalue weighted by atomic mass is 9.97. The maximum absolute atomic E-state index is 10.6. The van der Waals surface area contributed by atoms with Gasteiger partial charge in [-0.3, -0.25) is 0 Å². The fourth-order valence-electron chi connectivity index (χ4n) is 8.87. The molecule has 0 atom stereocenters. The van der Waals surface area contributed by atoms with Crippen LogP contribution in [-0.4, -0.2) is 13.7 Å². The van der Waals surface area contributed by atoms with E-state index in [0.29, 0.717) is 11.1 Å². The third-order valence-corrected chi connectivity index (χ3v) is 11.1. The Morgan fingerprint density at radius 3 is 1.55 bits per heavy atom. The number of rotatable bonds is 4. The van der Waals surface area contributed by atoms with E-state index in [-0.39, 0.29) is 0 Å². The molecule has 11 aromatic rings. The minimum atomic E-state index is 0.577. The molecule has 5 heteroatoms. The Morgan fingerprint density at radius 1 is 0.364 bits per heavy atom. The van der Waals surface area contributed by atoms with Gasteiger partial charge in [0.2, 0.25) is 0 Å². The van der Waals surface area contributed by atoms with E-state index in [0.717, 1.165) is 66.4 Å². The molecule has 254 valence electrons. The van der Waals surface area contributed by atoms with E-state index in [1.54, 1.807) is 0 Å². The van der Waals surface area contributed by atoms with Crippen molar-refractivity contribution in [1.29, 1.82) is 10.5 Å². The van der Waals surface area contributed by atoms with E-state index in [1.165, 1.54) is 27.2 Å². The summed E-state index contributed by atoms with van der Waals surface area (Å²) < 4.78 is 6.95. The molecule has 0 radical (unpaired) electrons. The van der Waals surface area contributed by atoms with Crippen molar-refractivity contribution in [2.45, 2.75) is 0 Å². The molecule has 0 saturated carbocycles. The summed E-state index contributed by atoms with van der Waals surface area (Å²) in [6.45, 7) is 0. The van der Waals surface area contributed by atoms with Crippen molar-refractivity contribution in [3.05, 3.63) is 187 Å². The lowest BCUT2D eigenvalue weighted by molar-refractivity contribution is 1.16. The van der Waals surface area contributed by atoms with Crippen molar-refractivity contribution >= 4 is 65.4 Å². The molecule has 0 saturated heterocycles. The number of nitriles is 2. The standard InChI is InChI=1S/C50H29N5/c51-30-32-26-27-39-38-17-3-7-21-43(38)55(48(39)28-32)45-23-10-13-34(31-52)49(45)33-12-9-14-35(29-33)53-44-22-8-4-18-40(44)50-46(53)24-11-25-47(50)54-41-19-5-1-15-36(41)37-16-2-6-20-42(37)54/h1-29H. The third-order valence-electron chi connectivity index (χ3n) is 11.1. The normalized spacial score (nSPS) is 11.6. The van der Waals surface area contributed by atoms with Gasteiger partial charge in [0, 0.05) is 43.6 Å². The van der Waals surface area contributed by atoms with Crippen molar-refractivity contribution in [3.63, 3.8) is 0 Å². The second-order valence-electron chi connectivity index (χ2n) is 14.0. The van der Waals surface area contributed by atoms with Crippen molar-refractivity contribution in [2.75, 3.05) is 0 Å². The summed E-state index contributed by atoms with van der Waals surface area (Å²) in [5.74, 6) is 0. The van der Waals surface area contributed by atoms with Crippen LogP contribution in [0.25, 0.3) is 93.6 Å². The molecule has 3 heterocycles. The average Bonchev–Trinajstić information content (AvgIpc) is 3.89. The van der Waals surface area contributed by atoms with Crippen molar-refractivity contribution in [3.8, 4) is 40.3 Å². The molecular weight excluding hydrogens is 671 g/mol. The summed E-state index contributed by atoms with van der Waals surface area (Å²) in [6.07, 6.45) is 0. The largest absolute Gasteiger partial charge is 0.309 e. The second-order valence-corrected chi connectivity index (χ2v) is 14.0. The van der Waals surface area contributed by atoms with Crippen LogP contribution in [0.5, 0.6) is 0 Å². The lowest BCUT2D eigenvalue weighted by Gasteiger charge is -2.17. The highest BCUT2D eigenvalue weighted by Gasteiger charge is 2.22. The fraction of sp³-hybridized carbons (Fsp3) is 0. The van der Waals surface area contributed by atoms with E-state index in [9.17, 15) is 10.5 Å². The van der Waals surface area contributed by atoms with Gasteiger partial charge in [0.05, 0.1) is 67.7 Å². The van der Waals surface area contributed by atoms with E-state index < -0.39 is 0 Å². The van der Waals surface area contributed by atoms with E-state index in [2.05, 4.69) is 159 Å². The van der Waals surface area contributed by atoms with Gasteiger partial charge >= 0.3 is 0 Å². The van der Waals surface area contributed by atoms with Gasteiger partial charge in [-0.25, -0.2) is 0 Å². The van der Waals surface area contributed by atoms with Gasteiger partial charge in [0.1, 0.15) is 0 Å². The Balaban J connectivity index is 1.18. The van der Waals surface area contributed by atoms with Crippen LogP contribution in [0.2, 0.25) is 0 Å². The zero-order valence-corrected chi connectivity index (χ0v) is 29.5. The van der Waals surface area contributed by atoms with Crippen molar-refractivity contribution in [2.24, 2.45) is 0 Å². The fourth-order valence-corrected chi connectivity index (χ4v) is 8.87.